The number of thiophene rings is 1. The molecule has 23 heavy (non-hydrogen) atoms. The standard InChI is InChI=1S/C15H10Cl2N2O3S/c1-8(13(20)19-14-9(7-18)4-5-23-14)22-15(21)11-3-2-10(16)6-12(11)17/h2-6,8H,1H3,(H,19,20)/t8-/m1/s1. The van der Waals surface area contributed by atoms with E-state index in [1.54, 1.807) is 11.4 Å². The van der Waals surface area contributed by atoms with Crippen LogP contribution in [0, 0.1) is 11.3 Å². The lowest BCUT2D eigenvalue weighted by molar-refractivity contribution is -0.123. The monoisotopic (exact) mass is 368 g/mol. The Bertz CT molecular complexity index is 798. The van der Waals surface area contributed by atoms with Crippen molar-refractivity contribution in [2.24, 2.45) is 0 Å². The largest absolute Gasteiger partial charge is 0.449 e. The lowest BCUT2D eigenvalue weighted by Crippen LogP contribution is -2.30. The average molecular weight is 369 g/mol. The Hall–Kier alpha value is -2.07. The van der Waals surface area contributed by atoms with Crippen LogP contribution in [0.1, 0.15) is 22.8 Å². The van der Waals surface area contributed by atoms with E-state index >= 15 is 0 Å². The van der Waals surface area contributed by atoms with Gasteiger partial charge in [0.05, 0.1) is 16.1 Å². The summed E-state index contributed by atoms with van der Waals surface area (Å²) < 4.78 is 5.08. The second-order valence-electron chi connectivity index (χ2n) is 4.44. The molecular formula is C15H10Cl2N2O3S. The number of hydrogen-bond donors (Lipinski definition) is 1. The fourth-order valence-corrected chi connectivity index (χ4v) is 2.87. The van der Waals surface area contributed by atoms with Crippen molar-refractivity contribution in [2.75, 3.05) is 5.32 Å². The fraction of sp³-hybridized carbons (Fsp3) is 0.133. The highest BCUT2D eigenvalue weighted by Gasteiger charge is 2.21. The topological polar surface area (TPSA) is 79.2 Å². The van der Waals surface area contributed by atoms with Crippen molar-refractivity contribution in [3.05, 3.63) is 50.8 Å². The smallest absolute Gasteiger partial charge is 0.340 e. The van der Waals surface area contributed by atoms with Gasteiger partial charge in [-0.25, -0.2) is 4.79 Å². The third-order valence-corrected chi connectivity index (χ3v) is 4.20. The molecule has 1 N–H and O–H groups in total. The molecular weight excluding hydrogens is 359 g/mol. The van der Waals surface area contributed by atoms with Gasteiger partial charge in [-0.3, -0.25) is 4.79 Å². The van der Waals surface area contributed by atoms with E-state index in [0.29, 0.717) is 15.6 Å². The van der Waals surface area contributed by atoms with Crippen LogP contribution in [-0.2, 0) is 9.53 Å². The minimum atomic E-state index is -1.05. The Balaban J connectivity index is 2.03. The van der Waals surface area contributed by atoms with Crippen LogP contribution in [0.15, 0.2) is 29.6 Å². The van der Waals surface area contributed by atoms with Crippen molar-refractivity contribution < 1.29 is 14.3 Å². The van der Waals surface area contributed by atoms with Gasteiger partial charge >= 0.3 is 5.97 Å². The predicted octanol–water partition coefficient (Wildman–Crippen LogP) is 4.11. The lowest BCUT2D eigenvalue weighted by Gasteiger charge is -2.13. The fourth-order valence-electron chi connectivity index (χ4n) is 1.64. The molecule has 0 spiro atoms. The number of ether oxygens (including phenoxy) is 1. The number of rotatable bonds is 4. The highest BCUT2D eigenvalue weighted by Crippen LogP contribution is 2.24. The van der Waals surface area contributed by atoms with Crippen LogP contribution in [0.4, 0.5) is 5.00 Å². The van der Waals surface area contributed by atoms with Gasteiger partial charge in [0.2, 0.25) is 0 Å². The van der Waals surface area contributed by atoms with Crippen LogP contribution in [-0.4, -0.2) is 18.0 Å². The van der Waals surface area contributed by atoms with Crippen LogP contribution in [0.5, 0.6) is 0 Å². The SMILES string of the molecule is C[C@@H](OC(=O)c1ccc(Cl)cc1Cl)C(=O)Nc1sccc1C#N. The Kier molecular flexibility index (Phi) is 5.61. The van der Waals surface area contributed by atoms with Gasteiger partial charge in [0.15, 0.2) is 6.10 Å². The van der Waals surface area contributed by atoms with Crippen LogP contribution in [0.2, 0.25) is 10.0 Å². The number of carbonyl (C=O) groups excluding carboxylic acids is 2. The Labute approximate surface area is 146 Å². The molecule has 5 nitrogen and oxygen atoms in total. The van der Waals surface area contributed by atoms with Crippen LogP contribution >= 0.6 is 34.5 Å². The van der Waals surface area contributed by atoms with Crippen molar-refractivity contribution in [2.45, 2.75) is 13.0 Å². The Morgan fingerprint density at radius 1 is 1.35 bits per heavy atom. The van der Waals surface area contributed by atoms with E-state index in [-0.39, 0.29) is 10.6 Å². The van der Waals surface area contributed by atoms with Crippen molar-refractivity contribution >= 4 is 51.4 Å². The first-order chi connectivity index (χ1) is 10.9. The molecule has 0 radical (unpaired) electrons. The number of nitriles is 1. The number of benzene rings is 1. The number of esters is 1. The summed E-state index contributed by atoms with van der Waals surface area (Å²) in [4.78, 5) is 24.1. The normalized spacial score (nSPS) is 11.4. The number of hydrogen-bond acceptors (Lipinski definition) is 5. The molecule has 1 atom stereocenters. The molecule has 118 valence electrons. The van der Waals surface area contributed by atoms with E-state index < -0.39 is 18.0 Å². The van der Waals surface area contributed by atoms with Crippen molar-refractivity contribution in [1.82, 2.24) is 0 Å². The summed E-state index contributed by atoms with van der Waals surface area (Å²) in [5, 5.41) is 14.1. The first kappa shape index (κ1) is 17.3. The maximum Gasteiger partial charge on any atom is 0.340 e. The third kappa shape index (κ3) is 4.23. The van der Waals surface area contributed by atoms with Crippen LogP contribution < -0.4 is 5.32 Å². The lowest BCUT2D eigenvalue weighted by atomic mass is 10.2. The first-order valence-corrected chi connectivity index (χ1v) is 8.00. The maximum absolute atomic E-state index is 12.0. The van der Waals surface area contributed by atoms with Crippen molar-refractivity contribution in [3.8, 4) is 6.07 Å². The zero-order valence-electron chi connectivity index (χ0n) is 11.8. The summed E-state index contributed by atoms with van der Waals surface area (Å²) in [6.07, 6.45) is -1.05. The first-order valence-electron chi connectivity index (χ1n) is 6.37. The third-order valence-electron chi connectivity index (χ3n) is 2.83. The molecule has 0 fully saturated rings. The van der Waals surface area contributed by atoms with Gasteiger partial charge in [0.25, 0.3) is 5.91 Å². The number of amides is 1. The molecule has 0 unspecified atom stereocenters. The summed E-state index contributed by atoms with van der Waals surface area (Å²) in [5.74, 6) is -1.27. The van der Waals surface area contributed by atoms with E-state index in [1.807, 2.05) is 6.07 Å². The quantitative estimate of drug-likeness (QED) is 0.823. The van der Waals surface area contributed by atoms with E-state index in [9.17, 15) is 9.59 Å². The zero-order valence-corrected chi connectivity index (χ0v) is 14.1. The molecule has 0 bridgehead atoms. The van der Waals surface area contributed by atoms with Gasteiger partial charge in [-0.15, -0.1) is 11.3 Å². The molecule has 1 aromatic heterocycles. The number of carbonyl (C=O) groups is 2. The highest BCUT2D eigenvalue weighted by atomic mass is 35.5. The van der Waals surface area contributed by atoms with Crippen LogP contribution in [0.25, 0.3) is 0 Å². The molecule has 0 aliphatic carbocycles. The zero-order chi connectivity index (χ0) is 17.0. The molecule has 1 aromatic carbocycles. The molecule has 0 aliphatic heterocycles. The second kappa shape index (κ2) is 7.47. The summed E-state index contributed by atoms with van der Waals surface area (Å²) >= 11 is 12.9. The second-order valence-corrected chi connectivity index (χ2v) is 6.20. The van der Waals surface area contributed by atoms with E-state index in [2.05, 4.69) is 5.32 Å². The van der Waals surface area contributed by atoms with E-state index in [0.717, 1.165) is 0 Å². The number of nitrogens with zero attached hydrogens (tertiary/aromatic N) is 1. The predicted molar refractivity (Wildman–Crippen MR) is 89.0 cm³/mol. The van der Waals surface area contributed by atoms with E-state index in [1.165, 1.54) is 36.5 Å². The molecule has 1 heterocycles. The molecule has 1 amide bonds. The number of anilines is 1. The van der Waals surface area contributed by atoms with Crippen LogP contribution in [0.3, 0.4) is 0 Å². The summed E-state index contributed by atoms with van der Waals surface area (Å²) in [6, 6.07) is 7.88. The van der Waals surface area contributed by atoms with Gasteiger partial charge in [-0.2, -0.15) is 5.26 Å². The summed E-state index contributed by atoms with van der Waals surface area (Å²) in [5.41, 5.74) is 0.465. The molecule has 0 saturated heterocycles. The molecule has 2 rings (SSSR count). The Morgan fingerprint density at radius 2 is 2.09 bits per heavy atom. The summed E-state index contributed by atoms with van der Waals surface area (Å²) in [6.45, 7) is 1.43. The molecule has 2 aromatic rings. The summed E-state index contributed by atoms with van der Waals surface area (Å²) in [7, 11) is 0. The highest BCUT2D eigenvalue weighted by molar-refractivity contribution is 7.14. The molecule has 0 saturated carbocycles. The van der Waals surface area contributed by atoms with Crippen molar-refractivity contribution in [1.29, 1.82) is 5.26 Å². The van der Waals surface area contributed by atoms with E-state index in [4.69, 9.17) is 33.2 Å². The maximum atomic E-state index is 12.0. The van der Waals surface area contributed by atoms with Gasteiger partial charge in [0, 0.05) is 5.02 Å². The minimum Gasteiger partial charge on any atom is -0.449 e. The van der Waals surface area contributed by atoms with Gasteiger partial charge in [0.1, 0.15) is 11.1 Å². The van der Waals surface area contributed by atoms with Crippen molar-refractivity contribution in [3.63, 3.8) is 0 Å². The number of nitrogens with one attached hydrogen (secondary N) is 1. The van der Waals surface area contributed by atoms with Gasteiger partial charge < -0.3 is 10.1 Å². The molecule has 8 heteroatoms. The molecule has 0 aliphatic rings. The Morgan fingerprint density at radius 3 is 2.74 bits per heavy atom. The number of halogens is 2. The van der Waals surface area contributed by atoms with Gasteiger partial charge in [-0.1, -0.05) is 23.2 Å². The average Bonchev–Trinajstić information content (AvgIpc) is 2.94. The minimum absolute atomic E-state index is 0.115. The van der Waals surface area contributed by atoms with Gasteiger partial charge in [-0.05, 0) is 36.6 Å².